The third-order valence-corrected chi connectivity index (χ3v) is 6.28. The maximum atomic E-state index is 13.1. The lowest BCUT2D eigenvalue weighted by atomic mass is 9.94. The highest BCUT2D eigenvalue weighted by molar-refractivity contribution is 7.91. The highest BCUT2D eigenvalue weighted by Gasteiger charge is 2.33. The van der Waals surface area contributed by atoms with E-state index in [4.69, 9.17) is 16.3 Å². The van der Waals surface area contributed by atoms with Gasteiger partial charge in [-0.3, -0.25) is 9.35 Å². The molecule has 0 radical (unpaired) electrons. The summed E-state index contributed by atoms with van der Waals surface area (Å²) in [7, 11) is -3.47. The zero-order chi connectivity index (χ0) is 26.9. The van der Waals surface area contributed by atoms with E-state index >= 15 is 0 Å². The topological polar surface area (TPSA) is 193 Å². The Balaban J connectivity index is 1.74. The fourth-order valence-electron chi connectivity index (χ4n) is 3.55. The van der Waals surface area contributed by atoms with Gasteiger partial charge in [-0.25, -0.2) is 5.84 Å². The Bertz CT molecular complexity index is 1600. The number of hydrazine groups is 1. The molecule has 37 heavy (non-hydrogen) atoms. The molecule has 4 rings (SSSR count). The minimum Gasteiger partial charge on any atom is -0.508 e. The number of hydrogen-bond donors (Lipinski definition) is 4. The quantitative estimate of drug-likeness (QED) is 0.122. The number of aryl methyl sites for hydroxylation is 1. The molecular weight excluding hydrogens is 500 g/mol. The smallest absolute Gasteiger partial charge is 0.296 e. The second-order valence-electron chi connectivity index (χ2n) is 7.98. The molecule has 190 valence electrons. The van der Waals surface area contributed by atoms with Crippen LogP contribution < -0.4 is 21.4 Å². The van der Waals surface area contributed by atoms with Crippen molar-refractivity contribution in [2.75, 3.05) is 18.0 Å². The van der Waals surface area contributed by atoms with Crippen LogP contribution in [0.5, 0.6) is 11.5 Å². The van der Waals surface area contributed by atoms with E-state index in [9.17, 15) is 22.9 Å². The number of Topliss-reactive ketones (excluding diaryl/α,β-unsaturated/α-hetero) is 1. The number of methoxy groups -OCH3 is 1. The molecule has 1 aliphatic carbocycles. The van der Waals surface area contributed by atoms with E-state index < -0.39 is 26.5 Å². The number of aromatic hydroxyl groups is 1. The molecule has 0 amide bonds. The van der Waals surface area contributed by atoms with Crippen LogP contribution in [0.2, 0.25) is 0 Å². The number of phenolic OH excluding ortho intramolecular Hbond substituents is 1. The fourth-order valence-corrected chi connectivity index (χ4v) is 4.21. The lowest BCUT2D eigenvalue weighted by Gasteiger charge is -2.21. The molecule has 0 atom stereocenters. The Morgan fingerprint density at radius 3 is 2.38 bits per heavy atom. The third-order valence-electron chi connectivity index (χ3n) is 5.41. The van der Waals surface area contributed by atoms with Crippen LogP contribution in [0, 0.1) is 6.92 Å². The summed E-state index contributed by atoms with van der Waals surface area (Å²) in [5.41, 5.74) is 7.56. The van der Waals surface area contributed by atoms with Crippen molar-refractivity contribution >= 4 is 50.4 Å². The number of benzene rings is 3. The molecule has 0 spiro atoms. The number of fused-ring (bicyclic) bond motifs is 1. The van der Waals surface area contributed by atoms with Gasteiger partial charge in [0.05, 0.1) is 18.5 Å². The minimum absolute atomic E-state index is 0.0990. The number of ketones is 1. The third kappa shape index (κ3) is 5.33. The number of nitrogen functional groups attached to an aromatic ring is 1. The first kappa shape index (κ1) is 25.5. The van der Waals surface area contributed by atoms with Gasteiger partial charge in [0, 0.05) is 17.3 Å². The molecule has 0 heterocycles. The van der Waals surface area contributed by atoms with Crippen molar-refractivity contribution in [2.45, 2.75) is 6.92 Å². The maximum absolute atomic E-state index is 13.1. The van der Waals surface area contributed by atoms with E-state index in [2.05, 4.69) is 15.3 Å². The zero-order valence-corrected chi connectivity index (χ0v) is 20.5. The zero-order valence-electron chi connectivity index (χ0n) is 19.7. The maximum Gasteiger partial charge on any atom is 0.296 e. The molecule has 0 aromatic heterocycles. The number of rotatable bonds is 6. The number of hydrogen-bond acceptors (Lipinski definition) is 11. The second-order valence-corrected chi connectivity index (χ2v) is 9.37. The normalized spacial score (nSPS) is 14.5. The Morgan fingerprint density at radius 1 is 1.03 bits per heavy atom. The molecular formula is C24H22N6O6S. The average molecular weight is 523 g/mol. The Morgan fingerprint density at radius 2 is 1.73 bits per heavy atom. The van der Waals surface area contributed by atoms with Gasteiger partial charge in [0.1, 0.15) is 22.1 Å². The lowest BCUT2D eigenvalue weighted by Crippen LogP contribution is -2.33. The number of carbonyl (C=O) groups excluding carboxylic acids is 1. The molecule has 6 N–H and O–H groups in total. The van der Waals surface area contributed by atoms with Gasteiger partial charge in [-0.15, -0.1) is 0 Å². The van der Waals surface area contributed by atoms with Gasteiger partial charge in [-0.2, -0.15) is 28.9 Å². The molecule has 0 bridgehead atoms. The summed E-state index contributed by atoms with van der Waals surface area (Å²) in [6.07, 6.45) is 1.10. The van der Waals surface area contributed by atoms with E-state index in [0.717, 1.165) is 11.2 Å². The number of nitrogens with zero attached hydrogens (tertiary/aromatic N) is 4. The second kappa shape index (κ2) is 9.81. The van der Waals surface area contributed by atoms with E-state index in [1.54, 1.807) is 25.1 Å². The molecule has 1 aliphatic rings. The molecule has 0 saturated heterocycles. The molecule has 13 heteroatoms. The van der Waals surface area contributed by atoms with Crippen LogP contribution in [0.4, 0.5) is 22.7 Å². The number of nitrogens with two attached hydrogens (primary N) is 2. The van der Waals surface area contributed by atoms with Gasteiger partial charge in [-0.1, -0.05) is 0 Å². The number of phenols is 1. The number of allylic oxidation sites excluding steroid dienone is 1. The van der Waals surface area contributed by atoms with E-state index in [1.165, 1.54) is 43.5 Å². The van der Waals surface area contributed by atoms with Crippen LogP contribution in [0.15, 0.2) is 74.8 Å². The first-order valence-electron chi connectivity index (χ1n) is 10.6. The van der Waals surface area contributed by atoms with Crippen LogP contribution in [0.25, 0.3) is 6.08 Å². The van der Waals surface area contributed by atoms with E-state index in [1.807, 2.05) is 0 Å². The molecule has 3 aromatic rings. The standard InChI is InChI=1S/C24H22N6O6S/c1-13-9-20(21(36-2)12-19(13)28-27-16-4-6-17(31)7-5-16)30(26)29-23-22(37(33,34)35)11-14-10-15(25)3-8-18(14)24(23)32/h3-12,31H,25-26H2,1-2H3,(H,33,34,35)/b28-27+,29-23-. The predicted molar refractivity (Wildman–Crippen MR) is 139 cm³/mol. The van der Waals surface area contributed by atoms with E-state index in [-0.39, 0.29) is 28.3 Å². The fraction of sp³-hybridized carbons (Fsp3) is 0.0833. The Hall–Kier alpha value is -4.59. The summed E-state index contributed by atoms with van der Waals surface area (Å²) < 4.78 is 39.4. The first-order valence-corrected chi connectivity index (χ1v) is 12.1. The van der Waals surface area contributed by atoms with Gasteiger partial charge < -0.3 is 15.6 Å². The highest BCUT2D eigenvalue weighted by atomic mass is 32.2. The first-order chi connectivity index (χ1) is 17.5. The molecule has 0 unspecified atom stereocenters. The van der Waals surface area contributed by atoms with Gasteiger partial charge >= 0.3 is 0 Å². The average Bonchev–Trinajstić information content (AvgIpc) is 2.84. The van der Waals surface area contributed by atoms with Gasteiger partial charge in [0.2, 0.25) is 5.78 Å². The number of carbonyl (C=O) groups is 1. The van der Waals surface area contributed by atoms with Gasteiger partial charge in [0.25, 0.3) is 10.1 Å². The van der Waals surface area contributed by atoms with Crippen molar-refractivity contribution in [3.05, 3.63) is 76.2 Å². The molecule has 0 saturated carbocycles. The largest absolute Gasteiger partial charge is 0.508 e. The summed E-state index contributed by atoms with van der Waals surface area (Å²) in [5.74, 6) is 5.66. The van der Waals surface area contributed by atoms with Crippen LogP contribution >= 0.6 is 0 Å². The molecule has 3 aromatic carbocycles. The molecule has 0 aliphatic heterocycles. The summed E-state index contributed by atoms with van der Waals surface area (Å²) in [6.45, 7) is 1.73. The van der Waals surface area contributed by atoms with Gasteiger partial charge in [-0.05, 0) is 72.7 Å². The van der Waals surface area contributed by atoms with Crippen molar-refractivity contribution in [1.29, 1.82) is 0 Å². The van der Waals surface area contributed by atoms with Crippen LogP contribution in [-0.4, -0.2) is 36.7 Å². The SMILES string of the molecule is COc1cc(/N=N/c2ccc(O)cc2)c(C)cc1N(N)/N=C1\C(=O)c2ccc(N)cc2C=C1S(=O)(=O)O. The van der Waals surface area contributed by atoms with Crippen LogP contribution in [0.3, 0.4) is 0 Å². The van der Waals surface area contributed by atoms with Crippen molar-refractivity contribution in [3.63, 3.8) is 0 Å². The Labute approximate surface area is 211 Å². The number of ether oxygens (including phenoxy) is 1. The number of hydrazone groups is 1. The van der Waals surface area contributed by atoms with Crippen molar-refractivity contribution in [2.24, 2.45) is 21.2 Å². The number of azo groups is 1. The molecule has 12 nitrogen and oxygen atoms in total. The van der Waals surface area contributed by atoms with Crippen molar-refractivity contribution in [1.82, 2.24) is 0 Å². The summed E-state index contributed by atoms with van der Waals surface area (Å²) in [5, 5.41) is 22.5. The minimum atomic E-state index is -4.85. The summed E-state index contributed by atoms with van der Waals surface area (Å²) in [4.78, 5) is 12.4. The van der Waals surface area contributed by atoms with Crippen molar-refractivity contribution in [3.8, 4) is 11.5 Å². The lowest BCUT2D eigenvalue weighted by molar-refractivity contribution is 0.106. The monoisotopic (exact) mass is 522 g/mol. The number of anilines is 2. The highest BCUT2D eigenvalue weighted by Crippen LogP contribution is 2.36. The molecule has 0 fully saturated rings. The summed E-state index contributed by atoms with van der Waals surface area (Å²) >= 11 is 0. The van der Waals surface area contributed by atoms with Crippen LogP contribution in [0.1, 0.15) is 21.5 Å². The summed E-state index contributed by atoms with van der Waals surface area (Å²) in [6, 6.07) is 13.6. The van der Waals surface area contributed by atoms with Gasteiger partial charge in [0.15, 0.2) is 5.71 Å². The van der Waals surface area contributed by atoms with E-state index in [0.29, 0.717) is 22.6 Å². The van der Waals surface area contributed by atoms with Crippen molar-refractivity contribution < 1.29 is 27.6 Å². The van der Waals surface area contributed by atoms with Crippen LogP contribution in [-0.2, 0) is 10.1 Å². The predicted octanol–water partition coefficient (Wildman–Crippen LogP) is 3.87. The Kier molecular flexibility index (Phi) is 6.76.